The SMILES string of the molecule is CS(=O)CCNC(=O)NCC1(c2cccc(C(F)(F)F)c2)CC1. The lowest BCUT2D eigenvalue weighted by atomic mass is 9.94. The maximum atomic E-state index is 12.8. The fraction of sp³-hybridized carbons (Fsp3) is 0.533. The lowest BCUT2D eigenvalue weighted by Gasteiger charge is -2.18. The monoisotopic (exact) mass is 348 g/mol. The molecule has 128 valence electrons. The van der Waals surface area contributed by atoms with E-state index in [0.29, 0.717) is 17.9 Å². The van der Waals surface area contributed by atoms with Crippen molar-refractivity contribution in [2.45, 2.75) is 24.4 Å². The van der Waals surface area contributed by atoms with Crippen LogP contribution in [-0.4, -0.2) is 35.3 Å². The van der Waals surface area contributed by atoms with Gasteiger partial charge in [0.25, 0.3) is 0 Å². The van der Waals surface area contributed by atoms with Crippen molar-refractivity contribution in [3.8, 4) is 0 Å². The van der Waals surface area contributed by atoms with Crippen molar-refractivity contribution in [2.24, 2.45) is 0 Å². The number of amides is 2. The second kappa shape index (κ2) is 6.90. The molecule has 1 aromatic rings. The van der Waals surface area contributed by atoms with Gasteiger partial charge in [-0.05, 0) is 24.5 Å². The summed E-state index contributed by atoms with van der Waals surface area (Å²) in [6.07, 6.45) is -1.33. The Morgan fingerprint density at radius 2 is 2.00 bits per heavy atom. The van der Waals surface area contributed by atoms with Crippen LogP contribution < -0.4 is 10.6 Å². The molecule has 1 aromatic carbocycles. The van der Waals surface area contributed by atoms with Crippen LogP contribution in [0, 0.1) is 0 Å². The Morgan fingerprint density at radius 1 is 1.30 bits per heavy atom. The fourth-order valence-corrected chi connectivity index (χ4v) is 2.75. The molecule has 0 aliphatic heterocycles. The second-order valence-corrected chi connectivity index (χ2v) is 7.30. The first kappa shape index (κ1) is 17.8. The van der Waals surface area contributed by atoms with Crippen LogP contribution in [0.4, 0.5) is 18.0 Å². The van der Waals surface area contributed by atoms with E-state index < -0.39 is 34.0 Å². The van der Waals surface area contributed by atoms with Crippen LogP contribution in [0.5, 0.6) is 0 Å². The van der Waals surface area contributed by atoms with Gasteiger partial charge in [-0.1, -0.05) is 18.2 Å². The third-order valence-corrected chi connectivity index (χ3v) is 4.70. The van der Waals surface area contributed by atoms with E-state index in [9.17, 15) is 22.2 Å². The molecule has 0 bridgehead atoms. The molecule has 0 radical (unpaired) electrons. The minimum atomic E-state index is -4.37. The average Bonchev–Trinajstić information content (AvgIpc) is 3.25. The van der Waals surface area contributed by atoms with Gasteiger partial charge in [0, 0.05) is 41.3 Å². The second-order valence-electron chi connectivity index (χ2n) is 5.75. The highest BCUT2D eigenvalue weighted by atomic mass is 32.2. The first-order valence-corrected chi connectivity index (χ1v) is 8.95. The van der Waals surface area contributed by atoms with E-state index >= 15 is 0 Å². The quantitative estimate of drug-likeness (QED) is 0.829. The number of halogens is 3. The van der Waals surface area contributed by atoms with E-state index in [2.05, 4.69) is 10.6 Å². The Balaban J connectivity index is 1.93. The van der Waals surface area contributed by atoms with Gasteiger partial charge in [0.2, 0.25) is 0 Å². The highest BCUT2D eigenvalue weighted by molar-refractivity contribution is 7.84. The lowest BCUT2D eigenvalue weighted by molar-refractivity contribution is -0.137. The Hall–Kier alpha value is -1.57. The zero-order valence-corrected chi connectivity index (χ0v) is 13.5. The molecule has 1 aliphatic carbocycles. The predicted molar refractivity (Wildman–Crippen MR) is 82.7 cm³/mol. The van der Waals surface area contributed by atoms with Gasteiger partial charge in [0.15, 0.2) is 0 Å². The Bertz CT molecular complexity index is 601. The molecule has 2 rings (SSSR count). The van der Waals surface area contributed by atoms with E-state index in [-0.39, 0.29) is 6.54 Å². The Kier molecular flexibility index (Phi) is 5.33. The summed E-state index contributed by atoms with van der Waals surface area (Å²) in [7, 11) is -0.981. The highest BCUT2D eigenvalue weighted by Gasteiger charge is 2.45. The van der Waals surface area contributed by atoms with Crippen molar-refractivity contribution in [3.63, 3.8) is 0 Å². The maximum Gasteiger partial charge on any atom is 0.416 e. The number of benzene rings is 1. The van der Waals surface area contributed by atoms with Crippen molar-refractivity contribution < 1.29 is 22.2 Å². The summed E-state index contributed by atoms with van der Waals surface area (Å²) >= 11 is 0. The first-order valence-electron chi connectivity index (χ1n) is 7.22. The summed E-state index contributed by atoms with van der Waals surface area (Å²) in [5, 5.41) is 5.26. The standard InChI is InChI=1S/C15H19F3N2O2S/c1-23(22)8-7-19-13(21)20-10-14(5-6-14)11-3-2-4-12(9-11)15(16,17)18/h2-4,9H,5-8,10H2,1H3,(H2,19,20,21). The summed E-state index contributed by atoms with van der Waals surface area (Å²) in [6, 6.07) is 4.88. The van der Waals surface area contributed by atoms with Crippen molar-refractivity contribution in [1.29, 1.82) is 0 Å². The van der Waals surface area contributed by atoms with Crippen LogP contribution >= 0.6 is 0 Å². The molecule has 1 aliphatic rings. The molecule has 1 atom stereocenters. The van der Waals surface area contributed by atoms with Gasteiger partial charge in [-0.3, -0.25) is 4.21 Å². The number of urea groups is 1. The summed E-state index contributed by atoms with van der Waals surface area (Å²) in [5.41, 5.74) is -0.481. The Labute approximate surface area is 135 Å². The summed E-state index contributed by atoms with van der Waals surface area (Å²) in [6.45, 7) is 0.584. The van der Waals surface area contributed by atoms with E-state index in [1.807, 2.05) is 0 Å². The molecule has 0 spiro atoms. The average molecular weight is 348 g/mol. The van der Waals surface area contributed by atoms with Crippen molar-refractivity contribution in [1.82, 2.24) is 10.6 Å². The first-order chi connectivity index (χ1) is 10.7. The van der Waals surface area contributed by atoms with Crippen molar-refractivity contribution in [3.05, 3.63) is 35.4 Å². The van der Waals surface area contributed by atoms with Crippen molar-refractivity contribution in [2.75, 3.05) is 25.1 Å². The normalized spacial score (nSPS) is 17.4. The molecular weight excluding hydrogens is 329 g/mol. The summed E-state index contributed by atoms with van der Waals surface area (Å²) in [5.74, 6) is 0.367. The van der Waals surface area contributed by atoms with Crippen LogP contribution in [0.3, 0.4) is 0 Å². The minimum Gasteiger partial charge on any atom is -0.337 e. The molecule has 4 nitrogen and oxygen atoms in total. The van der Waals surface area contributed by atoms with Gasteiger partial charge >= 0.3 is 12.2 Å². The van der Waals surface area contributed by atoms with Gasteiger partial charge < -0.3 is 10.6 Å². The topological polar surface area (TPSA) is 58.2 Å². The molecule has 1 unspecified atom stereocenters. The predicted octanol–water partition coefficient (Wildman–Crippen LogP) is 2.41. The fourth-order valence-electron chi connectivity index (χ4n) is 2.36. The molecular formula is C15H19F3N2O2S. The molecule has 1 saturated carbocycles. The van der Waals surface area contributed by atoms with E-state index in [1.54, 1.807) is 12.3 Å². The number of hydrogen-bond acceptors (Lipinski definition) is 2. The number of hydrogen-bond donors (Lipinski definition) is 2. The maximum absolute atomic E-state index is 12.8. The van der Waals surface area contributed by atoms with Crippen LogP contribution in [0.1, 0.15) is 24.0 Å². The van der Waals surface area contributed by atoms with Crippen LogP contribution in [0.15, 0.2) is 24.3 Å². The zero-order valence-electron chi connectivity index (χ0n) is 12.7. The van der Waals surface area contributed by atoms with E-state index in [4.69, 9.17) is 0 Å². The molecule has 2 amide bonds. The third-order valence-electron chi connectivity index (χ3n) is 3.92. The van der Waals surface area contributed by atoms with Crippen LogP contribution in [-0.2, 0) is 22.4 Å². The smallest absolute Gasteiger partial charge is 0.337 e. The number of alkyl halides is 3. The summed E-state index contributed by atoms with van der Waals surface area (Å²) in [4.78, 5) is 11.7. The van der Waals surface area contributed by atoms with Gasteiger partial charge in [-0.25, -0.2) is 4.79 Å². The number of carbonyl (C=O) groups excluding carboxylic acids is 1. The van der Waals surface area contributed by atoms with E-state index in [0.717, 1.165) is 25.0 Å². The molecule has 0 saturated heterocycles. The number of rotatable bonds is 6. The third kappa shape index (κ3) is 4.95. The molecule has 2 N–H and O–H groups in total. The molecule has 0 aromatic heterocycles. The van der Waals surface area contributed by atoms with Gasteiger partial charge in [-0.2, -0.15) is 13.2 Å². The minimum absolute atomic E-state index is 0.287. The molecule has 23 heavy (non-hydrogen) atoms. The summed E-state index contributed by atoms with van der Waals surface area (Å²) < 4.78 is 49.3. The molecule has 0 heterocycles. The Morgan fingerprint density at radius 3 is 2.57 bits per heavy atom. The number of carbonyl (C=O) groups is 1. The van der Waals surface area contributed by atoms with Gasteiger partial charge in [0.1, 0.15) is 0 Å². The number of nitrogens with one attached hydrogen (secondary N) is 2. The van der Waals surface area contributed by atoms with Crippen molar-refractivity contribution >= 4 is 16.8 Å². The van der Waals surface area contributed by atoms with Crippen LogP contribution in [0.2, 0.25) is 0 Å². The lowest BCUT2D eigenvalue weighted by Crippen LogP contribution is -2.41. The van der Waals surface area contributed by atoms with E-state index in [1.165, 1.54) is 6.07 Å². The van der Waals surface area contributed by atoms with Crippen LogP contribution in [0.25, 0.3) is 0 Å². The van der Waals surface area contributed by atoms with Gasteiger partial charge in [0.05, 0.1) is 5.56 Å². The molecule has 8 heteroatoms. The van der Waals surface area contributed by atoms with Gasteiger partial charge in [-0.15, -0.1) is 0 Å². The molecule has 1 fully saturated rings. The largest absolute Gasteiger partial charge is 0.416 e. The highest BCUT2D eigenvalue weighted by Crippen LogP contribution is 2.48. The zero-order chi connectivity index (χ0) is 17.1.